The van der Waals surface area contributed by atoms with Crippen molar-refractivity contribution in [1.29, 1.82) is 0 Å². The number of hydrogen-bond acceptors (Lipinski definition) is 3. The normalized spacial score (nSPS) is 14.0. The third-order valence-electron chi connectivity index (χ3n) is 3.39. The molecule has 1 heterocycles. The van der Waals surface area contributed by atoms with Crippen molar-refractivity contribution in [2.75, 3.05) is 13.1 Å². The molecule has 1 aliphatic rings. The van der Waals surface area contributed by atoms with E-state index in [1.54, 1.807) is 6.07 Å². The molecule has 0 atom stereocenters. The number of aliphatic carboxylic acids is 1. The van der Waals surface area contributed by atoms with Crippen molar-refractivity contribution in [2.45, 2.75) is 32.6 Å². The zero-order chi connectivity index (χ0) is 15.4. The van der Waals surface area contributed by atoms with Gasteiger partial charge in [0, 0.05) is 17.8 Å². The highest BCUT2D eigenvalue weighted by Gasteiger charge is 2.28. The molecule has 0 aliphatic heterocycles. The molecule has 1 aromatic rings. The van der Waals surface area contributed by atoms with Gasteiger partial charge >= 0.3 is 5.97 Å². The number of carbonyl (C=O) groups is 2. The molecule has 114 valence electrons. The summed E-state index contributed by atoms with van der Waals surface area (Å²) in [5.41, 5.74) is 1.18. The Kier molecular flexibility index (Phi) is 5.17. The van der Waals surface area contributed by atoms with Crippen LogP contribution in [0.15, 0.2) is 12.1 Å². The Morgan fingerprint density at radius 1 is 1.43 bits per heavy atom. The number of amides is 1. The van der Waals surface area contributed by atoms with Gasteiger partial charge in [-0.05, 0) is 37.3 Å². The molecule has 5 nitrogen and oxygen atoms in total. The molecule has 0 radical (unpaired) electrons. The Morgan fingerprint density at radius 2 is 2.14 bits per heavy atom. The third-order valence-corrected chi connectivity index (χ3v) is 3.58. The van der Waals surface area contributed by atoms with Crippen molar-refractivity contribution >= 4 is 23.5 Å². The minimum absolute atomic E-state index is 0.269. The summed E-state index contributed by atoms with van der Waals surface area (Å²) >= 11 is 5.96. The van der Waals surface area contributed by atoms with E-state index in [4.69, 9.17) is 16.7 Å². The first-order chi connectivity index (χ1) is 9.99. The van der Waals surface area contributed by atoms with E-state index in [1.165, 1.54) is 11.0 Å². The smallest absolute Gasteiger partial charge is 0.323 e. The lowest BCUT2D eigenvalue weighted by Gasteiger charge is -2.21. The van der Waals surface area contributed by atoms with Crippen LogP contribution in [0.1, 0.15) is 42.2 Å². The Hall–Kier alpha value is -1.62. The molecule has 1 amide bonds. The lowest BCUT2D eigenvalue weighted by molar-refractivity contribution is -0.137. The van der Waals surface area contributed by atoms with Gasteiger partial charge < -0.3 is 10.0 Å². The number of carbonyl (C=O) groups excluding carboxylic acids is 1. The fraction of sp³-hybridized carbons (Fsp3) is 0.533. The third kappa shape index (κ3) is 4.70. The van der Waals surface area contributed by atoms with E-state index in [1.807, 2.05) is 6.92 Å². The van der Waals surface area contributed by atoms with E-state index in [-0.39, 0.29) is 17.6 Å². The molecule has 0 aromatic carbocycles. The Labute approximate surface area is 128 Å². The van der Waals surface area contributed by atoms with Crippen molar-refractivity contribution in [3.05, 3.63) is 28.5 Å². The molecule has 1 saturated carbocycles. The summed E-state index contributed by atoms with van der Waals surface area (Å²) in [5.74, 6) is -0.857. The quantitative estimate of drug-likeness (QED) is 0.786. The van der Waals surface area contributed by atoms with Crippen LogP contribution in [0.3, 0.4) is 0 Å². The van der Waals surface area contributed by atoms with Gasteiger partial charge in [-0.25, -0.2) is 4.98 Å². The topological polar surface area (TPSA) is 70.5 Å². The SMILES string of the molecule is CCCc1cc(C(=O)N(CC(=O)O)CC2CC2)cc(Cl)n1. The molecule has 0 saturated heterocycles. The molecule has 1 aliphatic carbocycles. The van der Waals surface area contributed by atoms with Crippen molar-refractivity contribution in [3.63, 3.8) is 0 Å². The standard InChI is InChI=1S/C15H19ClN2O3/c1-2-3-12-6-11(7-13(16)17-12)15(21)18(9-14(19)20)8-10-4-5-10/h6-7,10H,2-5,8-9H2,1H3,(H,19,20). The van der Waals surface area contributed by atoms with Crippen molar-refractivity contribution < 1.29 is 14.7 Å². The minimum atomic E-state index is -1.00. The maximum absolute atomic E-state index is 12.5. The molecular formula is C15H19ClN2O3. The highest BCUT2D eigenvalue weighted by molar-refractivity contribution is 6.29. The molecule has 21 heavy (non-hydrogen) atoms. The van der Waals surface area contributed by atoms with Gasteiger partial charge in [-0.2, -0.15) is 0 Å². The summed E-state index contributed by atoms with van der Waals surface area (Å²) in [6, 6.07) is 3.21. The second-order valence-electron chi connectivity index (χ2n) is 5.44. The molecule has 1 fully saturated rings. The second-order valence-corrected chi connectivity index (χ2v) is 5.83. The summed E-state index contributed by atoms with van der Waals surface area (Å²) in [4.78, 5) is 29.0. The lowest BCUT2D eigenvalue weighted by atomic mass is 10.1. The Balaban J connectivity index is 2.19. The molecule has 1 aromatic heterocycles. The van der Waals surface area contributed by atoms with Crippen molar-refractivity contribution in [1.82, 2.24) is 9.88 Å². The van der Waals surface area contributed by atoms with E-state index < -0.39 is 5.97 Å². The number of carboxylic acid groups (broad SMARTS) is 1. The van der Waals surface area contributed by atoms with Crippen molar-refractivity contribution in [2.24, 2.45) is 5.92 Å². The number of halogens is 1. The number of aryl methyl sites for hydroxylation is 1. The highest BCUT2D eigenvalue weighted by atomic mass is 35.5. The molecule has 2 rings (SSSR count). The molecular weight excluding hydrogens is 292 g/mol. The van der Waals surface area contributed by atoms with Gasteiger partial charge in [-0.1, -0.05) is 24.9 Å². The first-order valence-corrected chi connectivity index (χ1v) is 7.55. The first kappa shape index (κ1) is 15.8. The van der Waals surface area contributed by atoms with Crippen LogP contribution in [0.4, 0.5) is 0 Å². The van der Waals surface area contributed by atoms with E-state index in [0.717, 1.165) is 31.4 Å². The van der Waals surface area contributed by atoms with Gasteiger partial charge in [0.15, 0.2) is 0 Å². The summed E-state index contributed by atoms with van der Waals surface area (Å²) < 4.78 is 0. The number of pyridine rings is 1. The van der Waals surface area contributed by atoms with Crippen molar-refractivity contribution in [3.8, 4) is 0 Å². The Morgan fingerprint density at radius 3 is 2.71 bits per heavy atom. The van der Waals surface area contributed by atoms with Gasteiger partial charge in [0.05, 0.1) is 0 Å². The minimum Gasteiger partial charge on any atom is -0.480 e. The van der Waals surface area contributed by atoms with Crippen LogP contribution >= 0.6 is 11.6 Å². The predicted molar refractivity (Wildman–Crippen MR) is 79.5 cm³/mol. The van der Waals surface area contributed by atoms with Gasteiger partial charge in [0.1, 0.15) is 11.7 Å². The molecule has 6 heteroatoms. The van der Waals surface area contributed by atoms with Crippen LogP contribution < -0.4 is 0 Å². The molecule has 0 unspecified atom stereocenters. The lowest BCUT2D eigenvalue weighted by Crippen LogP contribution is -2.37. The van der Waals surface area contributed by atoms with Crippen LogP contribution in [0, 0.1) is 5.92 Å². The summed E-state index contributed by atoms with van der Waals surface area (Å²) in [5, 5.41) is 9.24. The maximum Gasteiger partial charge on any atom is 0.323 e. The predicted octanol–water partition coefficient (Wildman–Crippen LogP) is 2.62. The maximum atomic E-state index is 12.5. The average molecular weight is 311 g/mol. The van der Waals surface area contributed by atoms with E-state index in [0.29, 0.717) is 18.0 Å². The number of nitrogens with zero attached hydrogens (tertiary/aromatic N) is 2. The summed E-state index contributed by atoms with van der Waals surface area (Å²) in [6.45, 7) is 2.24. The zero-order valence-corrected chi connectivity index (χ0v) is 12.8. The van der Waals surface area contributed by atoms with Crippen LogP contribution in [-0.2, 0) is 11.2 Å². The summed E-state index contributed by atoms with van der Waals surface area (Å²) in [6.07, 6.45) is 3.76. The van der Waals surface area contributed by atoms with Gasteiger partial charge in [0.25, 0.3) is 5.91 Å². The van der Waals surface area contributed by atoms with E-state index >= 15 is 0 Å². The van der Waals surface area contributed by atoms with Crippen LogP contribution in [0.2, 0.25) is 5.15 Å². The molecule has 1 N–H and O–H groups in total. The van der Waals surface area contributed by atoms with E-state index in [2.05, 4.69) is 4.98 Å². The number of hydrogen-bond donors (Lipinski definition) is 1. The van der Waals surface area contributed by atoms with Gasteiger partial charge in [0.2, 0.25) is 0 Å². The number of rotatable bonds is 7. The van der Waals surface area contributed by atoms with Crippen LogP contribution in [0.5, 0.6) is 0 Å². The van der Waals surface area contributed by atoms with Crippen LogP contribution in [0.25, 0.3) is 0 Å². The zero-order valence-electron chi connectivity index (χ0n) is 12.0. The van der Waals surface area contributed by atoms with Gasteiger partial charge in [-0.15, -0.1) is 0 Å². The fourth-order valence-corrected chi connectivity index (χ4v) is 2.46. The largest absolute Gasteiger partial charge is 0.480 e. The highest BCUT2D eigenvalue weighted by Crippen LogP contribution is 2.30. The second kappa shape index (κ2) is 6.89. The fourth-order valence-electron chi connectivity index (χ4n) is 2.24. The molecule has 0 spiro atoms. The monoisotopic (exact) mass is 310 g/mol. The number of carboxylic acids is 1. The summed E-state index contributed by atoms with van der Waals surface area (Å²) in [7, 11) is 0. The first-order valence-electron chi connectivity index (χ1n) is 7.17. The van der Waals surface area contributed by atoms with E-state index in [9.17, 15) is 9.59 Å². The average Bonchev–Trinajstić information content (AvgIpc) is 3.20. The van der Waals surface area contributed by atoms with Gasteiger partial charge in [-0.3, -0.25) is 9.59 Å². The van der Waals surface area contributed by atoms with Crippen LogP contribution in [-0.4, -0.2) is 40.0 Å². The Bertz CT molecular complexity index is 544. The molecule has 0 bridgehead atoms. The number of aromatic nitrogens is 1.